The van der Waals surface area contributed by atoms with E-state index in [-0.39, 0.29) is 0 Å². The summed E-state index contributed by atoms with van der Waals surface area (Å²) in [5.74, 6) is 0.881. The lowest BCUT2D eigenvalue weighted by atomic mass is 10.1. The molecule has 0 aliphatic rings. The van der Waals surface area contributed by atoms with Crippen molar-refractivity contribution in [3.63, 3.8) is 0 Å². The molecule has 0 bridgehead atoms. The number of halogens is 1. The second-order valence-corrected chi connectivity index (χ2v) is 5.42. The molecule has 0 unspecified atom stereocenters. The maximum atomic E-state index is 5.75. The number of nitrogens with zero attached hydrogens (tertiary/aromatic N) is 1. The highest BCUT2D eigenvalue weighted by Gasteiger charge is 2.08. The molecular weight excluding hydrogens is 302 g/mol. The Morgan fingerprint density at radius 1 is 1.26 bits per heavy atom. The van der Waals surface area contributed by atoms with E-state index in [1.807, 2.05) is 24.3 Å². The number of para-hydroxylation sites is 1. The van der Waals surface area contributed by atoms with Gasteiger partial charge in [-0.2, -0.15) is 0 Å². The molecule has 0 aliphatic carbocycles. The van der Waals surface area contributed by atoms with Crippen LogP contribution in [0.1, 0.15) is 11.1 Å². The first-order chi connectivity index (χ1) is 9.19. The van der Waals surface area contributed by atoms with Gasteiger partial charge in [0.25, 0.3) is 0 Å². The van der Waals surface area contributed by atoms with Gasteiger partial charge >= 0.3 is 0 Å². The fraction of sp³-hybridized carbons (Fsp3) is 0.133. The number of aryl methyl sites for hydroxylation is 1. The van der Waals surface area contributed by atoms with Crippen molar-refractivity contribution in [2.75, 3.05) is 0 Å². The minimum atomic E-state index is 0.501. The average molecular weight is 316 g/mol. The molecule has 0 aliphatic heterocycles. The number of rotatable bonds is 2. The summed E-state index contributed by atoms with van der Waals surface area (Å²) in [6, 6.07) is 12.2. The summed E-state index contributed by atoms with van der Waals surface area (Å²) in [4.78, 5) is 8.02. The summed E-state index contributed by atoms with van der Waals surface area (Å²) in [6.07, 6.45) is 0. The normalized spacial score (nSPS) is 11.1. The van der Waals surface area contributed by atoms with E-state index in [1.54, 1.807) is 0 Å². The van der Waals surface area contributed by atoms with Crippen LogP contribution in [0, 0.1) is 6.92 Å². The van der Waals surface area contributed by atoms with Crippen LogP contribution in [0.2, 0.25) is 0 Å². The lowest BCUT2D eigenvalue weighted by Gasteiger charge is -2.00. The molecule has 0 saturated carbocycles. The number of nitrogens with one attached hydrogen (secondary N) is 1. The van der Waals surface area contributed by atoms with Gasteiger partial charge in [-0.15, -0.1) is 0 Å². The average Bonchev–Trinajstić information content (AvgIpc) is 2.85. The van der Waals surface area contributed by atoms with Crippen molar-refractivity contribution in [1.29, 1.82) is 0 Å². The van der Waals surface area contributed by atoms with Crippen LogP contribution in [0.25, 0.3) is 22.4 Å². The van der Waals surface area contributed by atoms with Crippen molar-refractivity contribution in [2.24, 2.45) is 5.73 Å². The number of aromatic nitrogens is 2. The lowest BCUT2D eigenvalue weighted by Crippen LogP contribution is -1.96. The number of hydrogen-bond donors (Lipinski definition) is 2. The smallest absolute Gasteiger partial charge is 0.138 e. The number of aromatic amines is 1. The Bertz CT molecular complexity index is 746. The van der Waals surface area contributed by atoms with Crippen LogP contribution in [-0.4, -0.2) is 9.97 Å². The maximum Gasteiger partial charge on any atom is 0.138 e. The quantitative estimate of drug-likeness (QED) is 0.756. The van der Waals surface area contributed by atoms with Crippen LogP contribution in [-0.2, 0) is 6.54 Å². The van der Waals surface area contributed by atoms with Crippen LogP contribution in [0.4, 0.5) is 0 Å². The molecule has 3 nitrogen and oxygen atoms in total. The zero-order chi connectivity index (χ0) is 13.4. The molecule has 0 radical (unpaired) electrons. The van der Waals surface area contributed by atoms with E-state index in [2.05, 4.69) is 45.0 Å². The third-order valence-corrected chi connectivity index (χ3v) is 4.14. The highest BCUT2D eigenvalue weighted by atomic mass is 79.9. The van der Waals surface area contributed by atoms with Crippen molar-refractivity contribution in [3.8, 4) is 11.4 Å². The Kier molecular flexibility index (Phi) is 3.12. The van der Waals surface area contributed by atoms with Gasteiger partial charge in [-0.05, 0) is 36.2 Å². The Morgan fingerprint density at radius 3 is 2.84 bits per heavy atom. The number of nitrogens with two attached hydrogens (primary N) is 1. The van der Waals surface area contributed by atoms with Gasteiger partial charge in [0.15, 0.2) is 0 Å². The summed E-state index contributed by atoms with van der Waals surface area (Å²) >= 11 is 3.51. The van der Waals surface area contributed by atoms with E-state index in [1.165, 1.54) is 5.56 Å². The van der Waals surface area contributed by atoms with Gasteiger partial charge in [-0.1, -0.05) is 34.1 Å². The molecule has 2 aromatic carbocycles. The zero-order valence-electron chi connectivity index (χ0n) is 10.6. The first-order valence-electron chi connectivity index (χ1n) is 6.13. The molecule has 3 rings (SSSR count). The molecule has 3 aromatic rings. The number of imidazole rings is 1. The van der Waals surface area contributed by atoms with E-state index >= 15 is 0 Å². The van der Waals surface area contributed by atoms with Gasteiger partial charge in [0.05, 0.1) is 11.0 Å². The Balaban J connectivity index is 2.17. The maximum absolute atomic E-state index is 5.75. The molecule has 0 atom stereocenters. The van der Waals surface area contributed by atoms with E-state index in [9.17, 15) is 0 Å². The molecule has 19 heavy (non-hydrogen) atoms. The van der Waals surface area contributed by atoms with Crippen molar-refractivity contribution >= 4 is 27.0 Å². The second kappa shape index (κ2) is 4.79. The summed E-state index contributed by atoms with van der Waals surface area (Å²) in [5, 5.41) is 0. The molecule has 0 spiro atoms. The number of benzene rings is 2. The minimum absolute atomic E-state index is 0.501. The van der Waals surface area contributed by atoms with Crippen LogP contribution in [0.5, 0.6) is 0 Å². The van der Waals surface area contributed by atoms with Crippen molar-refractivity contribution in [1.82, 2.24) is 9.97 Å². The molecule has 0 saturated heterocycles. The molecule has 4 heteroatoms. The fourth-order valence-corrected chi connectivity index (χ4v) is 2.43. The van der Waals surface area contributed by atoms with Crippen LogP contribution in [0.15, 0.2) is 40.9 Å². The first-order valence-corrected chi connectivity index (χ1v) is 6.92. The topological polar surface area (TPSA) is 54.7 Å². The fourth-order valence-electron chi connectivity index (χ4n) is 2.18. The van der Waals surface area contributed by atoms with E-state index in [4.69, 9.17) is 5.73 Å². The van der Waals surface area contributed by atoms with Crippen molar-refractivity contribution in [3.05, 3.63) is 52.0 Å². The molecule has 3 N–H and O–H groups in total. The molecule has 96 valence electrons. The third kappa shape index (κ3) is 2.17. The van der Waals surface area contributed by atoms with Crippen LogP contribution < -0.4 is 5.73 Å². The van der Waals surface area contributed by atoms with Gasteiger partial charge in [-0.3, -0.25) is 0 Å². The monoisotopic (exact) mass is 315 g/mol. The van der Waals surface area contributed by atoms with E-state index < -0.39 is 0 Å². The molecule has 0 fully saturated rings. The number of fused-ring (bicyclic) bond motifs is 1. The predicted molar refractivity (Wildman–Crippen MR) is 81.9 cm³/mol. The first kappa shape index (κ1) is 12.4. The largest absolute Gasteiger partial charge is 0.338 e. The zero-order valence-corrected chi connectivity index (χ0v) is 12.2. The SMILES string of the molecule is Cc1cc(-c2nc3c(CN)cccc3[nH]2)ccc1Br. The standard InChI is InChI=1S/C15H14BrN3/c1-9-7-10(5-6-12(9)16)15-18-13-4-2-3-11(8-17)14(13)19-15/h2-7H,8,17H2,1H3,(H,18,19). The summed E-state index contributed by atoms with van der Waals surface area (Å²) in [5.41, 5.74) is 11.1. The Labute approximate surface area is 120 Å². The number of hydrogen-bond acceptors (Lipinski definition) is 2. The highest BCUT2D eigenvalue weighted by Crippen LogP contribution is 2.26. The van der Waals surface area contributed by atoms with Crippen LogP contribution >= 0.6 is 15.9 Å². The second-order valence-electron chi connectivity index (χ2n) is 4.57. The molecule has 0 amide bonds. The van der Waals surface area contributed by atoms with Gasteiger partial charge in [0.2, 0.25) is 0 Å². The molecular formula is C15H14BrN3. The van der Waals surface area contributed by atoms with E-state index in [0.29, 0.717) is 6.54 Å². The van der Waals surface area contributed by atoms with Gasteiger partial charge < -0.3 is 10.7 Å². The van der Waals surface area contributed by atoms with Gasteiger partial charge in [-0.25, -0.2) is 4.98 Å². The Morgan fingerprint density at radius 2 is 2.11 bits per heavy atom. The Hall–Kier alpha value is -1.65. The van der Waals surface area contributed by atoms with Crippen LogP contribution in [0.3, 0.4) is 0 Å². The third-order valence-electron chi connectivity index (χ3n) is 3.25. The van der Waals surface area contributed by atoms with Gasteiger partial charge in [0, 0.05) is 16.6 Å². The number of H-pyrrole nitrogens is 1. The summed E-state index contributed by atoms with van der Waals surface area (Å²) < 4.78 is 1.11. The highest BCUT2D eigenvalue weighted by molar-refractivity contribution is 9.10. The predicted octanol–water partition coefficient (Wildman–Crippen LogP) is 3.76. The lowest BCUT2D eigenvalue weighted by molar-refractivity contribution is 1.08. The molecule has 1 heterocycles. The summed E-state index contributed by atoms with van der Waals surface area (Å²) in [6.45, 7) is 2.57. The van der Waals surface area contributed by atoms with E-state index in [0.717, 1.165) is 32.5 Å². The van der Waals surface area contributed by atoms with Gasteiger partial charge in [0.1, 0.15) is 5.82 Å². The summed E-state index contributed by atoms with van der Waals surface area (Å²) in [7, 11) is 0. The van der Waals surface area contributed by atoms with Crippen molar-refractivity contribution < 1.29 is 0 Å². The molecule has 1 aromatic heterocycles. The van der Waals surface area contributed by atoms with Crippen molar-refractivity contribution in [2.45, 2.75) is 13.5 Å². The minimum Gasteiger partial charge on any atom is -0.338 e.